The van der Waals surface area contributed by atoms with Crippen LogP contribution in [0.3, 0.4) is 0 Å². The van der Waals surface area contributed by atoms with Gasteiger partial charge in [-0.25, -0.2) is 4.39 Å². The molecular formula is C3H2F6O. The number of hydrogen-bond acceptors (Lipinski definition) is 1. The molecule has 0 saturated carbocycles. The minimum Gasteiger partial charge on any atom is -0.244 e. The predicted octanol–water partition coefficient (Wildman–Crippen LogP) is 2.09. The lowest BCUT2D eigenvalue weighted by Crippen LogP contribution is -2.42. The molecule has 0 aromatic carbocycles. The summed E-state index contributed by atoms with van der Waals surface area (Å²) in [6.07, 6.45) is -5.39. The minimum absolute atomic E-state index is 1.57. The molecule has 0 unspecified atom stereocenters. The van der Waals surface area contributed by atoms with Crippen LogP contribution in [0.5, 0.6) is 0 Å². The van der Waals surface area contributed by atoms with Crippen LogP contribution in [0.25, 0.3) is 0 Å². The minimum atomic E-state index is -5.39. The fraction of sp³-hybridized carbons (Fsp3) is 1.00. The maximum absolute atomic E-state index is 11.4. The van der Waals surface area contributed by atoms with Crippen molar-refractivity contribution >= 4 is 0 Å². The van der Waals surface area contributed by atoms with Crippen molar-refractivity contribution in [2.24, 2.45) is 0 Å². The van der Waals surface area contributed by atoms with Gasteiger partial charge in [-0.3, -0.25) is 0 Å². The second-order valence-corrected chi connectivity index (χ2v) is 1.43. The zero-order chi connectivity index (χ0) is 8.41. The van der Waals surface area contributed by atoms with E-state index in [1.807, 2.05) is 0 Å². The summed E-state index contributed by atoms with van der Waals surface area (Å²) < 4.78 is 67.1. The van der Waals surface area contributed by atoms with Crippen LogP contribution in [0.4, 0.5) is 26.5 Å². The van der Waals surface area contributed by atoms with E-state index in [0.717, 1.165) is 0 Å². The van der Waals surface area contributed by atoms with Gasteiger partial charge in [0.1, 0.15) is 0 Å². The monoisotopic (exact) mass is 168 g/mol. The molecule has 0 amide bonds. The van der Waals surface area contributed by atoms with E-state index in [0.29, 0.717) is 0 Å². The van der Waals surface area contributed by atoms with Crippen molar-refractivity contribution in [3.63, 3.8) is 0 Å². The first-order chi connectivity index (χ1) is 4.37. The highest BCUT2D eigenvalue weighted by Gasteiger charge is 2.59. The molecule has 0 aromatic rings. The number of alkyl halides is 5. The van der Waals surface area contributed by atoms with Crippen LogP contribution in [0.15, 0.2) is 0 Å². The Morgan fingerprint density at radius 1 is 1.10 bits per heavy atom. The molecule has 10 heavy (non-hydrogen) atoms. The van der Waals surface area contributed by atoms with Gasteiger partial charge >= 0.3 is 12.0 Å². The smallest absolute Gasteiger partial charge is 0.244 e. The van der Waals surface area contributed by atoms with Crippen LogP contribution in [-0.4, -0.2) is 18.7 Å². The van der Waals surface area contributed by atoms with E-state index in [1.165, 1.54) is 0 Å². The fourth-order valence-corrected chi connectivity index (χ4v) is 0.134. The summed E-state index contributed by atoms with van der Waals surface area (Å²) in [5.41, 5.74) is 0. The summed E-state index contributed by atoms with van der Waals surface area (Å²) >= 11 is 0. The summed E-state index contributed by atoms with van der Waals surface area (Å²) in [5.74, 6) is -5.11. The third-order valence-corrected chi connectivity index (χ3v) is 0.691. The third-order valence-electron chi connectivity index (χ3n) is 0.691. The molecule has 1 nitrogen and oxygen atoms in total. The van der Waals surface area contributed by atoms with Crippen LogP contribution in [0.1, 0.15) is 0 Å². The second-order valence-electron chi connectivity index (χ2n) is 1.43. The highest BCUT2D eigenvalue weighted by molar-refractivity contribution is 4.74. The van der Waals surface area contributed by atoms with Gasteiger partial charge in [0.2, 0.25) is 0 Å². The molecule has 62 valence electrons. The molecule has 0 bridgehead atoms. The lowest BCUT2D eigenvalue weighted by molar-refractivity contribution is -0.424. The van der Waals surface area contributed by atoms with E-state index in [9.17, 15) is 26.5 Å². The van der Waals surface area contributed by atoms with Crippen molar-refractivity contribution in [3.8, 4) is 0 Å². The maximum Gasteiger partial charge on any atom is 0.451 e. The molecular weight excluding hydrogens is 166 g/mol. The molecule has 0 fully saturated rings. The Labute approximate surface area is 51.5 Å². The van der Waals surface area contributed by atoms with Crippen molar-refractivity contribution in [2.75, 3.05) is 6.67 Å². The lowest BCUT2D eigenvalue weighted by Gasteiger charge is -2.18. The van der Waals surface area contributed by atoms with Gasteiger partial charge in [0.05, 0.1) is 0 Å². The number of halogens is 6. The quantitative estimate of drug-likeness (QED) is 0.586. The van der Waals surface area contributed by atoms with E-state index in [4.69, 9.17) is 0 Å². The summed E-state index contributed by atoms with van der Waals surface area (Å²) in [6.45, 7) is -2.68. The van der Waals surface area contributed by atoms with Gasteiger partial charge in [-0.15, -0.1) is 4.94 Å². The van der Waals surface area contributed by atoms with E-state index in [1.54, 1.807) is 4.94 Å². The maximum atomic E-state index is 11.4. The zero-order valence-corrected chi connectivity index (χ0v) is 4.38. The predicted molar refractivity (Wildman–Crippen MR) is 18.1 cm³/mol. The van der Waals surface area contributed by atoms with Gasteiger partial charge in [-0.05, 0) is 4.53 Å². The zero-order valence-electron chi connectivity index (χ0n) is 4.38. The van der Waals surface area contributed by atoms with Gasteiger partial charge in [-0.1, -0.05) is 0 Å². The van der Waals surface area contributed by atoms with Crippen LogP contribution in [0, 0.1) is 0 Å². The van der Waals surface area contributed by atoms with Crippen LogP contribution < -0.4 is 0 Å². The summed E-state index contributed by atoms with van der Waals surface area (Å²) in [5, 5.41) is 0. The van der Waals surface area contributed by atoms with Gasteiger partial charge in [0, 0.05) is 0 Å². The van der Waals surface area contributed by atoms with Crippen LogP contribution in [0.2, 0.25) is 0 Å². The average molecular weight is 168 g/mol. The molecule has 0 aliphatic carbocycles. The normalized spacial score (nSPS) is 13.8. The van der Waals surface area contributed by atoms with Crippen LogP contribution >= 0.6 is 0 Å². The fourth-order valence-electron chi connectivity index (χ4n) is 0.134. The Bertz CT molecular complexity index is 97.6. The molecule has 0 rings (SSSR count). The van der Waals surface area contributed by atoms with Crippen molar-refractivity contribution < 1.29 is 31.4 Å². The Kier molecular flexibility index (Phi) is 2.53. The summed E-state index contributed by atoms with van der Waals surface area (Å²) in [7, 11) is 0. The van der Waals surface area contributed by atoms with E-state index in [2.05, 4.69) is 0 Å². The SMILES string of the molecule is FCC(F)(F)C(F)(F)OF. The van der Waals surface area contributed by atoms with Crippen LogP contribution in [-0.2, 0) is 4.94 Å². The standard InChI is InChI=1S/C3H2F6O/c4-1-2(5,6)3(7,8)10-9/h1H2. The Balaban J connectivity index is 4.28. The molecule has 0 heterocycles. The average Bonchev–Trinajstić information content (AvgIpc) is 1.88. The highest BCUT2D eigenvalue weighted by atomic mass is 19.4. The Hall–Kier alpha value is -0.460. The summed E-state index contributed by atoms with van der Waals surface area (Å²) in [4.78, 5) is 1.57. The van der Waals surface area contributed by atoms with E-state index in [-0.39, 0.29) is 0 Å². The van der Waals surface area contributed by atoms with Gasteiger partial charge in [-0.2, -0.15) is 17.6 Å². The topological polar surface area (TPSA) is 9.23 Å². The number of hydrogen-bond donors (Lipinski definition) is 0. The van der Waals surface area contributed by atoms with Gasteiger partial charge < -0.3 is 0 Å². The molecule has 0 aliphatic rings. The molecule has 0 aromatic heterocycles. The third kappa shape index (κ3) is 1.53. The molecule has 0 atom stereocenters. The molecule has 0 aliphatic heterocycles. The van der Waals surface area contributed by atoms with E-state index < -0.39 is 18.7 Å². The Morgan fingerprint density at radius 2 is 1.50 bits per heavy atom. The second kappa shape index (κ2) is 2.65. The Morgan fingerprint density at radius 3 is 1.60 bits per heavy atom. The van der Waals surface area contributed by atoms with Gasteiger partial charge in [0.15, 0.2) is 6.67 Å². The van der Waals surface area contributed by atoms with Crippen molar-refractivity contribution in [1.82, 2.24) is 0 Å². The van der Waals surface area contributed by atoms with Crippen molar-refractivity contribution in [1.29, 1.82) is 0 Å². The molecule has 0 spiro atoms. The summed E-state index contributed by atoms with van der Waals surface area (Å²) in [6, 6.07) is 0. The molecule has 0 N–H and O–H groups in total. The first kappa shape index (κ1) is 9.54. The van der Waals surface area contributed by atoms with Crippen molar-refractivity contribution in [3.05, 3.63) is 0 Å². The lowest BCUT2D eigenvalue weighted by atomic mass is 10.3. The first-order valence-electron chi connectivity index (χ1n) is 1.99. The van der Waals surface area contributed by atoms with Crippen molar-refractivity contribution in [2.45, 2.75) is 12.0 Å². The number of rotatable bonds is 3. The first-order valence-corrected chi connectivity index (χ1v) is 1.99. The molecule has 0 saturated heterocycles. The molecule has 0 radical (unpaired) electrons. The highest BCUT2D eigenvalue weighted by Crippen LogP contribution is 2.35. The van der Waals surface area contributed by atoms with Gasteiger partial charge in [0.25, 0.3) is 0 Å². The molecule has 7 heteroatoms. The largest absolute Gasteiger partial charge is 0.451 e. The van der Waals surface area contributed by atoms with E-state index >= 15 is 0 Å².